The monoisotopic (exact) mass is 1900 g/mol. The highest BCUT2D eigenvalue weighted by atomic mass is 32.2. The van der Waals surface area contributed by atoms with Crippen molar-refractivity contribution in [2.45, 2.75) is 50.1 Å². The third-order valence-corrected chi connectivity index (χ3v) is 27.1. The maximum atomic E-state index is 12.0. The molecule has 9 heterocycles. The van der Waals surface area contributed by atoms with Crippen LogP contribution in [0, 0.1) is 35.8 Å². The van der Waals surface area contributed by atoms with Crippen molar-refractivity contribution in [3.63, 3.8) is 0 Å². The summed E-state index contributed by atoms with van der Waals surface area (Å²) in [4.78, 5) is 75.8. The molecule has 4 unspecified atom stereocenters. The van der Waals surface area contributed by atoms with Crippen LogP contribution in [0.25, 0.3) is 29.3 Å². The molecule has 6 N–H and O–H groups in total. The van der Waals surface area contributed by atoms with Gasteiger partial charge in [0.05, 0.1) is 61.8 Å². The van der Waals surface area contributed by atoms with Crippen molar-refractivity contribution in [3.8, 4) is 92.8 Å². The van der Waals surface area contributed by atoms with Crippen molar-refractivity contribution < 1.29 is 92.9 Å². The molecule has 8 atom stereocenters. The highest BCUT2D eigenvalue weighted by molar-refractivity contribution is 7.94. The first kappa shape index (κ1) is 90.7. The van der Waals surface area contributed by atoms with Gasteiger partial charge in [-0.3, -0.25) is 42.9 Å². The number of carbonyl (C=O) groups excluding carboxylic acids is 5. The summed E-state index contributed by atoms with van der Waals surface area (Å²) in [5, 5.41) is 18.9. The van der Waals surface area contributed by atoms with Gasteiger partial charge in [-0.05, 0) is 186 Å². The van der Waals surface area contributed by atoms with E-state index in [-0.39, 0.29) is 59.2 Å². The largest absolute Gasteiger partial charge is 0.486 e. The van der Waals surface area contributed by atoms with Crippen molar-refractivity contribution in [1.82, 2.24) is 28.9 Å². The predicted octanol–water partition coefficient (Wildman–Crippen LogP) is 16.2. The fourth-order valence-corrected chi connectivity index (χ4v) is 19.7. The van der Waals surface area contributed by atoms with Gasteiger partial charge in [0.25, 0.3) is 29.4 Å². The normalized spacial score (nSPS) is 19.1. The summed E-state index contributed by atoms with van der Waals surface area (Å²) >= 11 is 0. The molecular formula is C101H74N12O20S4. The molecule has 0 bridgehead atoms. The lowest BCUT2D eigenvalue weighted by atomic mass is 10.1. The summed E-state index contributed by atoms with van der Waals surface area (Å²) in [6.45, 7) is 17.4. The number of nitrogens with two attached hydrogens (primary N) is 1. The van der Waals surface area contributed by atoms with E-state index in [4.69, 9.17) is 71.0 Å². The van der Waals surface area contributed by atoms with Gasteiger partial charge in [-0.2, -0.15) is 10.5 Å². The van der Waals surface area contributed by atoms with Crippen LogP contribution in [-0.4, -0.2) is 95.9 Å². The Bertz CT molecular complexity index is 7050. The van der Waals surface area contributed by atoms with E-state index in [1.807, 2.05) is 103 Å². The summed E-state index contributed by atoms with van der Waals surface area (Å²) in [6.07, 6.45) is 10.5. The second-order valence-electron chi connectivity index (χ2n) is 31.1. The smallest absolute Gasteiger partial charge is 0.269 e. The molecule has 10 aromatic carbocycles. The molecule has 1 saturated heterocycles. The standard InChI is InChI=1S/C29H25N3O5S.C26H19N3O5S.2C23H15N3O5S/c30-18-20-6-9-22(16-25(20)32-12-14-35-15-13-32)37-26-3-1-2-23-24(26)10-11-27(23)36-21-7-4-19(5-8-21)28-17-29(33)31-38(28)34;27-14-16-12-18(8-9-19(16)26(28)31)34-22-3-1-2-20-21(22)10-11-23(20)33-17-6-4-15(5-7-17)24-13-25(30)29-35(24)32;1-24-15-7-10-22(25-12-15)31-18-4-2-3-17-19(13-29-23(17)18)30-16-8-5-14(6-9-16)20-11-21(27)26-32(20)28;1-24-21-10-9-16(12-25-21)31-18-4-2-3-17-19(13-29-23(17)18)30-15-7-5-14(6-8-15)20-11-22(27)26-32(20)28/h1-9,16-17,27H,10-15H2,(H,31,33);1-9,12-13,23H,10-11H2,(H2,28,31)(H,29,30);2*2-12,19H,13H2,(H,26,27)/t27-,38?;23-,35?;2*19-,32?/m1111/s1. The molecule has 36 heteroatoms. The van der Waals surface area contributed by atoms with E-state index >= 15 is 0 Å². The van der Waals surface area contributed by atoms with Crippen LogP contribution in [0.5, 0.6) is 80.6 Å². The Morgan fingerprint density at radius 2 is 0.832 bits per heavy atom. The molecule has 7 aliphatic heterocycles. The SMILES string of the molecule is N#Cc1cc(Oc2cccc3c2CC[C@H]3Oc2ccc(C3=CC(=O)NS3=O)cc2)ccc1C(N)=O.N#Cc1ccc(Oc2cccc3c2CC[C@H]3Oc2ccc(C3=CC(=O)NS3=O)cc2)cc1N1CCOCC1.[C-]#[N+]c1ccc(Oc2cccc3c2OC[C@H]3Oc2ccc(C3=CC(=O)NS3=O)cc2)cn1.[C-]#[N+]c1ccc(Oc2cccc3c2OC[C@H]3Oc2ccc(C3=CC(=O)NS3=O)cc2)nc1. The first-order valence-corrected chi connectivity index (χ1v) is 47.0. The number of nitrogens with one attached hydrogen (secondary N) is 4. The molecule has 12 aromatic rings. The van der Waals surface area contributed by atoms with Crippen LogP contribution in [0.15, 0.2) is 267 Å². The van der Waals surface area contributed by atoms with Gasteiger partial charge in [0.2, 0.25) is 17.5 Å². The van der Waals surface area contributed by atoms with Gasteiger partial charge in [0, 0.05) is 71.9 Å². The molecule has 2 aromatic heterocycles. The number of anilines is 1. The number of morpholine rings is 1. The fourth-order valence-electron chi connectivity index (χ4n) is 16.1. The molecule has 682 valence electrons. The first-order valence-electron chi connectivity index (χ1n) is 42.4. The fraction of sp³-hybridized carbons (Fsp3) is 0.139. The number of benzene rings is 10. The van der Waals surface area contributed by atoms with E-state index in [0.29, 0.717) is 155 Å². The molecule has 0 saturated carbocycles. The van der Waals surface area contributed by atoms with Crippen molar-refractivity contribution in [3.05, 3.63) is 362 Å². The number of fused-ring (bicyclic) bond motifs is 4. The molecule has 2 aliphatic carbocycles. The highest BCUT2D eigenvalue weighted by Crippen LogP contribution is 2.49. The number of hydrogen-bond donors (Lipinski definition) is 5. The van der Waals surface area contributed by atoms with Crippen molar-refractivity contribution >= 4 is 110 Å². The molecule has 0 radical (unpaired) electrons. The van der Waals surface area contributed by atoms with Crippen molar-refractivity contribution in [2.75, 3.05) is 44.4 Å². The molecule has 32 nitrogen and oxygen atoms in total. The van der Waals surface area contributed by atoms with E-state index in [1.165, 1.54) is 48.8 Å². The average molecular weight is 1900 g/mol. The summed E-state index contributed by atoms with van der Waals surface area (Å²) < 4.78 is 123. The van der Waals surface area contributed by atoms with E-state index in [9.17, 15) is 51.3 Å². The number of nitrogens with zero attached hydrogens (tertiary/aromatic N) is 7. The molecule has 21 rings (SSSR count). The minimum absolute atomic E-state index is 0.118. The number of para-hydroxylation sites is 2. The van der Waals surface area contributed by atoms with Gasteiger partial charge in [-0.15, -0.1) is 4.98 Å². The molecule has 0 spiro atoms. The number of hydrogen-bond acceptors (Lipinski definition) is 25. The number of primary amides is 1. The van der Waals surface area contributed by atoms with E-state index in [2.05, 4.69) is 55.6 Å². The van der Waals surface area contributed by atoms with Crippen LogP contribution in [-0.2, 0) is 80.7 Å². The summed E-state index contributed by atoms with van der Waals surface area (Å²) in [6, 6.07) is 72.3. The van der Waals surface area contributed by atoms with Crippen LogP contribution >= 0.6 is 0 Å². The summed E-state index contributed by atoms with van der Waals surface area (Å²) in [5.41, 5.74) is 16.2. The zero-order valence-electron chi connectivity index (χ0n) is 71.8. The summed E-state index contributed by atoms with van der Waals surface area (Å²) in [5.74, 6) is 6.42. The van der Waals surface area contributed by atoms with Crippen molar-refractivity contribution in [2.24, 2.45) is 5.73 Å². The van der Waals surface area contributed by atoms with Crippen LogP contribution in [0.3, 0.4) is 0 Å². The molecule has 9 aliphatic rings. The van der Waals surface area contributed by atoms with Crippen LogP contribution in [0.4, 0.5) is 17.2 Å². The second kappa shape index (κ2) is 40.7. The molecule has 1 fully saturated rings. The number of pyridine rings is 2. The lowest BCUT2D eigenvalue weighted by Crippen LogP contribution is -2.36. The van der Waals surface area contributed by atoms with E-state index in [0.717, 1.165) is 89.2 Å². The lowest BCUT2D eigenvalue weighted by molar-refractivity contribution is -0.115. The predicted molar refractivity (Wildman–Crippen MR) is 505 cm³/mol. The Morgan fingerprint density at radius 1 is 0.431 bits per heavy atom. The Balaban J connectivity index is 0.000000122. The number of aromatic nitrogens is 2. The Hall–Kier alpha value is -16.9. The lowest BCUT2D eigenvalue weighted by Gasteiger charge is -2.29. The Morgan fingerprint density at radius 3 is 1.23 bits per heavy atom. The Kier molecular flexibility index (Phi) is 26.9. The molecule has 5 amide bonds. The van der Waals surface area contributed by atoms with Gasteiger partial charge in [-0.25, -0.2) is 26.7 Å². The number of rotatable bonds is 22. The quantitative estimate of drug-likeness (QED) is 0.0393. The maximum absolute atomic E-state index is 12.0. The minimum Gasteiger partial charge on any atom is -0.486 e. The zero-order chi connectivity index (χ0) is 94.7. The van der Waals surface area contributed by atoms with Crippen LogP contribution in [0.2, 0.25) is 0 Å². The third kappa shape index (κ3) is 20.7. The van der Waals surface area contributed by atoms with E-state index < -0.39 is 49.8 Å². The second-order valence-corrected chi connectivity index (χ2v) is 35.8. The zero-order valence-corrected chi connectivity index (χ0v) is 75.1. The van der Waals surface area contributed by atoms with Gasteiger partial charge >= 0.3 is 0 Å². The summed E-state index contributed by atoms with van der Waals surface area (Å²) in [7, 11) is -6.14. The first-order chi connectivity index (χ1) is 66.7. The number of nitriles is 2. The third-order valence-electron chi connectivity index (χ3n) is 22.5. The van der Waals surface area contributed by atoms with Gasteiger partial charge in [-0.1, -0.05) is 104 Å². The highest BCUT2D eigenvalue weighted by Gasteiger charge is 2.35. The van der Waals surface area contributed by atoms with Gasteiger partial charge in [0.15, 0.2) is 91.1 Å². The topological polar surface area (TPSA) is 415 Å². The molecular weight excluding hydrogens is 1830 g/mol. The maximum Gasteiger partial charge on any atom is 0.269 e. The number of carbonyl (C=O) groups is 5. The van der Waals surface area contributed by atoms with Crippen molar-refractivity contribution in [1.29, 1.82) is 10.5 Å². The average Bonchev–Trinajstić information content (AvgIpc) is 1.69. The van der Waals surface area contributed by atoms with Gasteiger partial charge < -0.3 is 67.6 Å². The molecule has 137 heavy (non-hydrogen) atoms. The van der Waals surface area contributed by atoms with Crippen LogP contribution < -0.4 is 76.9 Å². The Labute approximate surface area is 792 Å². The van der Waals surface area contributed by atoms with E-state index in [1.54, 1.807) is 115 Å². The number of ether oxygens (including phenoxy) is 11. The minimum atomic E-state index is -1.54. The van der Waals surface area contributed by atoms with Gasteiger partial charge in [0.1, 0.15) is 83.6 Å². The number of amides is 5. The van der Waals surface area contributed by atoms with Crippen LogP contribution in [0.1, 0.15) is 114 Å².